The molecule has 0 unspecified atom stereocenters. The second kappa shape index (κ2) is 9.66. The van der Waals surface area contributed by atoms with Crippen molar-refractivity contribution < 1.29 is 27.1 Å². The molecule has 10 heteroatoms. The molecule has 1 aliphatic heterocycles. The van der Waals surface area contributed by atoms with Crippen molar-refractivity contribution in [2.24, 2.45) is 0 Å². The van der Waals surface area contributed by atoms with Crippen molar-refractivity contribution in [3.05, 3.63) is 53.8 Å². The molecule has 0 saturated carbocycles. The lowest BCUT2D eigenvalue weighted by Gasteiger charge is -2.37. The minimum Gasteiger partial charge on any atom is -0.497 e. The second-order valence-electron chi connectivity index (χ2n) is 7.55. The van der Waals surface area contributed by atoms with E-state index >= 15 is 0 Å². The molecule has 0 aliphatic carbocycles. The molecule has 32 heavy (non-hydrogen) atoms. The van der Waals surface area contributed by atoms with Gasteiger partial charge in [0.05, 0.1) is 23.7 Å². The molecule has 2 aromatic carbocycles. The molecule has 1 saturated heterocycles. The van der Waals surface area contributed by atoms with Crippen molar-refractivity contribution in [2.45, 2.75) is 24.8 Å². The topological polar surface area (TPSA) is 96.0 Å². The molecule has 1 aliphatic rings. The molecule has 172 valence electrons. The van der Waals surface area contributed by atoms with E-state index in [4.69, 9.17) is 4.74 Å². The Morgan fingerprint density at radius 1 is 1.06 bits per heavy atom. The summed E-state index contributed by atoms with van der Waals surface area (Å²) in [6, 6.07) is 9.27. The van der Waals surface area contributed by atoms with Crippen LogP contribution in [0.2, 0.25) is 0 Å². The maximum Gasteiger partial charge on any atom is 0.241 e. The van der Waals surface area contributed by atoms with Gasteiger partial charge in [0.2, 0.25) is 15.9 Å². The van der Waals surface area contributed by atoms with Crippen molar-refractivity contribution in [2.75, 3.05) is 38.2 Å². The van der Waals surface area contributed by atoms with Gasteiger partial charge in [-0.15, -0.1) is 0 Å². The Bertz CT molecular complexity index is 1100. The zero-order valence-electron chi connectivity index (χ0n) is 18.2. The number of Topliss-reactive ketones (excluding diaryl/α,β-unsaturated/α-hetero) is 1. The van der Waals surface area contributed by atoms with E-state index < -0.39 is 21.9 Å². The van der Waals surface area contributed by atoms with E-state index in [1.54, 1.807) is 21.9 Å². The number of methoxy groups -OCH3 is 1. The number of carbonyl (C=O) groups is 2. The Hall–Kier alpha value is -2.98. The summed E-state index contributed by atoms with van der Waals surface area (Å²) in [5.41, 5.74) is 0.674. The first-order chi connectivity index (χ1) is 15.1. The van der Waals surface area contributed by atoms with E-state index in [0.717, 1.165) is 0 Å². The molecular formula is C22H26FN3O5S. The van der Waals surface area contributed by atoms with E-state index in [9.17, 15) is 22.4 Å². The molecule has 1 heterocycles. The molecule has 0 bridgehead atoms. The third-order valence-corrected chi connectivity index (χ3v) is 6.91. The van der Waals surface area contributed by atoms with Crippen molar-refractivity contribution in [1.29, 1.82) is 0 Å². The molecule has 0 spiro atoms. The fourth-order valence-electron chi connectivity index (χ4n) is 3.53. The number of hydrogen-bond donors (Lipinski definition) is 1. The highest BCUT2D eigenvalue weighted by Gasteiger charge is 2.29. The quantitative estimate of drug-likeness (QED) is 0.632. The van der Waals surface area contributed by atoms with Crippen LogP contribution in [-0.2, 0) is 14.8 Å². The molecule has 2 aromatic rings. The van der Waals surface area contributed by atoms with Crippen LogP contribution in [0.1, 0.15) is 24.2 Å². The van der Waals surface area contributed by atoms with Gasteiger partial charge in [0.15, 0.2) is 5.78 Å². The maximum absolute atomic E-state index is 14.4. The molecule has 1 amide bonds. The summed E-state index contributed by atoms with van der Waals surface area (Å²) in [6.07, 6.45) is 0. The first-order valence-electron chi connectivity index (χ1n) is 10.1. The van der Waals surface area contributed by atoms with Crippen molar-refractivity contribution in [3.8, 4) is 5.75 Å². The van der Waals surface area contributed by atoms with E-state index in [1.165, 1.54) is 51.3 Å². The molecule has 8 nitrogen and oxygen atoms in total. The van der Waals surface area contributed by atoms with E-state index in [2.05, 4.69) is 4.72 Å². The molecule has 0 aromatic heterocycles. The molecular weight excluding hydrogens is 437 g/mol. The molecule has 1 N–H and O–H groups in total. The maximum atomic E-state index is 14.4. The fourth-order valence-corrected chi connectivity index (χ4v) is 4.73. The standard InChI is InChI=1S/C22H26FN3O5S/c1-15(24-32(29,30)19-7-5-18(31-3)6-8-19)22(28)26-12-10-25(11-13-26)21-9-4-17(16(2)27)14-20(21)23/h4-9,14-15,24H,10-13H2,1-3H3/t15-/m0/s1. The summed E-state index contributed by atoms with van der Waals surface area (Å²) >= 11 is 0. The minimum atomic E-state index is -3.88. The fraction of sp³-hybridized carbons (Fsp3) is 0.364. The number of hydrogen-bond acceptors (Lipinski definition) is 6. The number of ketones is 1. The normalized spacial score (nSPS) is 15.4. The lowest BCUT2D eigenvalue weighted by Crippen LogP contribution is -2.54. The van der Waals surface area contributed by atoms with Gasteiger partial charge in [-0.1, -0.05) is 0 Å². The number of benzene rings is 2. The average Bonchev–Trinajstić information content (AvgIpc) is 2.78. The largest absolute Gasteiger partial charge is 0.497 e. The first-order valence-corrected chi connectivity index (χ1v) is 11.6. The number of anilines is 1. The number of ether oxygens (including phenoxy) is 1. The number of piperazine rings is 1. The SMILES string of the molecule is COc1ccc(S(=O)(=O)N[C@@H](C)C(=O)N2CCN(c3ccc(C(C)=O)cc3F)CC2)cc1. The highest BCUT2D eigenvalue weighted by molar-refractivity contribution is 7.89. The van der Waals surface area contributed by atoms with Crippen LogP contribution in [0.5, 0.6) is 5.75 Å². The Balaban J connectivity index is 1.60. The zero-order chi connectivity index (χ0) is 23.5. The Morgan fingerprint density at radius 3 is 2.22 bits per heavy atom. The van der Waals surface area contributed by atoms with Gasteiger partial charge in [-0.05, 0) is 56.3 Å². The van der Waals surface area contributed by atoms with Crippen molar-refractivity contribution >= 4 is 27.4 Å². The third-order valence-electron chi connectivity index (χ3n) is 5.36. The first kappa shape index (κ1) is 23.7. The van der Waals surface area contributed by atoms with Crippen LogP contribution >= 0.6 is 0 Å². The van der Waals surface area contributed by atoms with Crippen LogP contribution in [0.15, 0.2) is 47.4 Å². The number of amides is 1. The van der Waals surface area contributed by atoms with Crippen LogP contribution in [0.3, 0.4) is 0 Å². The summed E-state index contributed by atoms with van der Waals surface area (Å²) in [5, 5.41) is 0. The highest BCUT2D eigenvalue weighted by Crippen LogP contribution is 2.23. The van der Waals surface area contributed by atoms with Gasteiger partial charge in [-0.2, -0.15) is 4.72 Å². The van der Waals surface area contributed by atoms with Crippen LogP contribution in [0.25, 0.3) is 0 Å². The summed E-state index contributed by atoms with van der Waals surface area (Å²) in [7, 11) is -2.40. The molecule has 1 fully saturated rings. The Kier molecular flexibility index (Phi) is 7.15. The lowest BCUT2D eigenvalue weighted by molar-refractivity contribution is -0.132. The predicted molar refractivity (Wildman–Crippen MR) is 118 cm³/mol. The molecule has 0 radical (unpaired) electrons. The number of carbonyl (C=O) groups excluding carboxylic acids is 2. The molecule has 1 atom stereocenters. The zero-order valence-corrected chi connectivity index (χ0v) is 19.0. The number of nitrogens with zero attached hydrogens (tertiary/aromatic N) is 2. The summed E-state index contributed by atoms with van der Waals surface area (Å²) in [6.45, 7) is 4.29. The monoisotopic (exact) mass is 463 g/mol. The van der Waals surface area contributed by atoms with E-state index in [0.29, 0.717) is 43.2 Å². The predicted octanol–water partition coefficient (Wildman–Crippen LogP) is 2.05. The van der Waals surface area contributed by atoms with Crippen LogP contribution < -0.4 is 14.4 Å². The second-order valence-corrected chi connectivity index (χ2v) is 9.27. The van der Waals surface area contributed by atoms with Gasteiger partial charge in [0.25, 0.3) is 0 Å². The number of halogens is 1. The smallest absolute Gasteiger partial charge is 0.241 e. The van der Waals surface area contributed by atoms with Gasteiger partial charge >= 0.3 is 0 Å². The average molecular weight is 464 g/mol. The third kappa shape index (κ3) is 5.25. The van der Waals surface area contributed by atoms with Gasteiger partial charge in [-0.25, -0.2) is 12.8 Å². The molecule has 3 rings (SSSR count). The van der Waals surface area contributed by atoms with Crippen LogP contribution in [-0.4, -0.2) is 64.3 Å². The minimum absolute atomic E-state index is 0.0345. The summed E-state index contributed by atoms with van der Waals surface area (Å²) < 4.78 is 47.0. The summed E-state index contributed by atoms with van der Waals surface area (Å²) in [5.74, 6) is -0.525. The number of nitrogens with one attached hydrogen (secondary N) is 1. The van der Waals surface area contributed by atoms with E-state index in [-0.39, 0.29) is 16.6 Å². The lowest BCUT2D eigenvalue weighted by atomic mass is 10.1. The van der Waals surface area contributed by atoms with Crippen LogP contribution in [0, 0.1) is 5.82 Å². The summed E-state index contributed by atoms with van der Waals surface area (Å²) in [4.78, 5) is 27.6. The van der Waals surface area contributed by atoms with Gasteiger partial charge in [0, 0.05) is 31.7 Å². The van der Waals surface area contributed by atoms with Gasteiger partial charge in [-0.3, -0.25) is 9.59 Å². The van der Waals surface area contributed by atoms with Crippen molar-refractivity contribution in [3.63, 3.8) is 0 Å². The van der Waals surface area contributed by atoms with Crippen LogP contribution in [0.4, 0.5) is 10.1 Å². The van der Waals surface area contributed by atoms with E-state index in [1.807, 2.05) is 0 Å². The Morgan fingerprint density at radius 2 is 1.69 bits per heavy atom. The Labute approximate surface area is 187 Å². The number of rotatable bonds is 7. The highest BCUT2D eigenvalue weighted by atomic mass is 32.2. The van der Waals surface area contributed by atoms with Gasteiger partial charge in [0.1, 0.15) is 11.6 Å². The number of sulfonamides is 1. The van der Waals surface area contributed by atoms with Crippen molar-refractivity contribution in [1.82, 2.24) is 9.62 Å². The van der Waals surface area contributed by atoms with Gasteiger partial charge < -0.3 is 14.5 Å².